The van der Waals surface area contributed by atoms with Crippen LogP contribution in [0.3, 0.4) is 0 Å². The van der Waals surface area contributed by atoms with Crippen molar-refractivity contribution in [2.24, 2.45) is 0 Å². The molecule has 3 heterocycles. The molecule has 2 aromatic heterocycles. The van der Waals surface area contributed by atoms with E-state index in [-0.39, 0.29) is 0 Å². The number of nitrogens with one attached hydrogen (secondary N) is 1. The third-order valence-corrected chi connectivity index (χ3v) is 6.19. The van der Waals surface area contributed by atoms with Crippen molar-refractivity contribution in [1.82, 2.24) is 4.98 Å². The van der Waals surface area contributed by atoms with Gasteiger partial charge in [0.15, 0.2) is 0 Å². The predicted molar refractivity (Wildman–Crippen MR) is 87.1 cm³/mol. The van der Waals surface area contributed by atoms with Crippen molar-refractivity contribution in [2.45, 2.75) is 11.1 Å². The van der Waals surface area contributed by atoms with Gasteiger partial charge in [-0.2, -0.15) is 0 Å². The topological polar surface area (TPSA) is 71.5 Å². The second-order valence-electron chi connectivity index (χ2n) is 4.98. The lowest BCUT2D eigenvalue weighted by Crippen LogP contribution is -2.36. The van der Waals surface area contributed by atoms with Crippen molar-refractivity contribution in [3.8, 4) is 0 Å². The maximum absolute atomic E-state index is 12.2. The second-order valence-corrected chi connectivity index (χ2v) is 8.17. The number of rotatable bonds is 4. The Labute approximate surface area is 133 Å². The summed E-state index contributed by atoms with van der Waals surface area (Å²) in [5.74, 6) is 0.832. The van der Waals surface area contributed by atoms with E-state index in [2.05, 4.69) is 14.6 Å². The number of hydrogen-bond acceptors (Lipinski definition) is 6. The Bertz CT molecular complexity index is 735. The molecule has 0 saturated carbocycles. The minimum absolute atomic E-state index is 0.308. The highest BCUT2D eigenvalue weighted by Gasteiger charge is 2.17. The highest BCUT2D eigenvalue weighted by molar-refractivity contribution is 7.94. The van der Waals surface area contributed by atoms with Gasteiger partial charge in [0.2, 0.25) is 0 Å². The van der Waals surface area contributed by atoms with Gasteiger partial charge in [0.25, 0.3) is 10.0 Å². The SMILES string of the molecule is Cc1ccc(S(=O)(=O)Nc2ccc(N3CCOCC3)nc2)s1. The summed E-state index contributed by atoms with van der Waals surface area (Å²) in [5.41, 5.74) is 0.461. The fourth-order valence-electron chi connectivity index (χ4n) is 2.19. The fraction of sp³-hybridized carbons (Fsp3) is 0.357. The summed E-state index contributed by atoms with van der Waals surface area (Å²) in [6.45, 7) is 4.85. The fourth-order valence-corrected chi connectivity index (χ4v) is 4.51. The normalized spacial score (nSPS) is 15.8. The first-order valence-electron chi connectivity index (χ1n) is 6.93. The first kappa shape index (κ1) is 15.3. The molecule has 1 saturated heterocycles. The number of hydrogen-bond donors (Lipinski definition) is 1. The Morgan fingerprint density at radius 3 is 2.59 bits per heavy atom. The quantitative estimate of drug-likeness (QED) is 0.923. The van der Waals surface area contributed by atoms with Crippen molar-refractivity contribution < 1.29 is 13.2 Å². The number of sulfonamides is 1. The van der Waals surface area contributed by atoms with Gasteiger partial charge in [0.05, 0.1) is 25.1 Å². The van der Waals surface area contributed by atoms with E-state index in [0.717, 1.165) is 23.8 Å². The van der Waals surface area contributed by atoms with E-state index in [1.807, 2.05) is 13.0 Å². The third-order valence-electron chi connectivity index (χ3n) is 3.32. The number of ether oxygens (including phenoxy) is 1. The van der Waals surface area contributed by atoms with E-state index < -0.39 is 10.0 Å². The largest absolute Gasteiger partial charge is 0.378 e. The van der Waals surface area contributed by atoms with Crippen molar-refractivity contribution in [3.05, 3.63) is 35.3 Å². The number of aromatic nitrogens is 1. The van der Waals surface area contributed by atoms with Gasteiger partial charge in [0, 0.05) is 18.0 Å². The highest BCUT2D eigenvalue weighted by atomic mass is 32.2. The molecule has 0 unspecified atom stereocenters. The maximum atomic E-state index is 12.2. The first-order valence-corrected chi connectivity index (χ1v) is 9.22. The Balaban J connectivity index is 1.73. The molecule has 3 rings (SSSR count). The summed E-state index contributed by atoms with van der Waals surface area (Å²) >= 11 is 1.25. The van der Waals surface area contributed by atoms with E-state index in [0.29, 0.717) is 23.1 Å². The summed E-state index contributed by atoms with van der Waals surface area (Å²) in [6.07, 6.45) is 1.54. The van der Waals surface area contributed by atoms with E-state index in [1.165, 1.54) is 11.3 Å². The standard InChI is InChI=1S/C14H17N3O3S2/c1-11-2-5-14(21-11)22(18,19)16-12-3-4-13(15-10-12)17-6-8-20-9-7-17/h2-5,10,16H,6-9H2,1H3. The molecule has 1 aliphatic rings. The Morgan fingerprint density at radius 1 is 1.23 bits per heavy atom. The van der Waals surface area contributed by atoms with Gasteiger partial charge in [-0.25, -0.2) is 13.4 Å². The zero-order valence-corrected chi connectivity index (χ0v) is 13.8. The number of pyridine rings is 1. The van der Waals surface area contributed by atoms with Gasteiger partial charge in [-0.05, 0) is 31.2 Å². The van der Waals surface area contributed by atoms with Crippen LogP contribution in [-0.4, -0.2) is 39.7 Å². The molecule has 0 bridgehead atoms. The van der Waals surface area contributed by atoms with Crippen molar-refractivity contribution >= 4 is 32.9 Å². The lowest BCUT2D eigenvalue weighted by Gasteiger charge is -2.27. The second kappa shape index (κ2) is 6.23. The third kappa shape index (κ3) is 3.40. The van der Waals surface area contributed by atoms with Gasteiger partial charge in [-0.15, -0.1) is 11.3 Å². The van der Waals surface area contributed by atoms with Crippen LogP contribution in [0.2, 0.25) is 0 Å². The van der Waals surface area contributed by atoms with Crippen LogP contribution in [0.5, 0.6) is 0 Å². The van der Waals surface area contributed by atoms with Crippen LogP contribution in [0, 0.1) is 6.92 Å². The van der Waals surface area contributed by atoms with Crippen LogP contribution < -0.4 is 9.62 Å². The molecular formula is C14H17N3O3S2. The molecule has 0 aromatic carbocycles. The molecule has 0 aliphatic carbocycles. The number of nitrogens with zero attached hydrogens (tertiary/aromatic N) is 2. The number of thiophene rings is 1. The van der Waals surface area contributed by atoms with Crippen LogP contribution in [-0.2, 0) is 14.8 Å². The molecule has 2 aromatic rings. The Morgan fingerprint density at radius 2 is 2.00 bits per heavy atom. The van der Waals surface area contributed by atoms with Gasteiger partial charge < -0.3 is 9.64 Å². The minimum atomic E-state index is -3.54. The maximum Gasteiger partial charge on any atom is 0.271 e. The Kier molecular flexibility index (Phi) is 4.32. The summed E-state index contributed by atoms with van der Waals surface area (Å²) in [7, 11) is -3.54. The van der Waals surface area contributed by atoms with E-state index in [1.54, 1.807) is 24.4 Å². The molecule has 0 spiro atoms. The van der Waals surface area contributed by atoms with Crippen LogP contribution in [0.15, 0.2) is 34.7 Å². The van der Waals surface area contributed by atoms with Crippen molar-refractivity contribution in [1.29, 1.82) is 0 Å². The highest BCUT2D eigenvalue weighted by Crippen LogP contribution is 2.24. The first-order chi connectivity index (χ1) is 10.5. The summed E-state index contributed by atoms with van der Waals surface area (Å²) in [6, 6.07) is 6.95. The zero-order valence-electron chi connectivity index (χ0n) is 12.2. The minimum Gasteiger partial charge on any atom is -0.378 e. The molecular weight excluding hydrogens is 322 g/mol. The molecule has 22 heavy (non-hydrogen) atoms. The molecule has 0 amide bonds. The summed E-state index contributed by atoms with van der Waals surface area (Å²) in [5, 5.41) is 0. The molecule has 8 heteroatoms. The van der Waals surface area contributed by atoms with Crippen molar-refractivity contribution in [3.63, 3.8) is 0 Å². The van der Waals surface area contributed by atoms with Gasteiger partial charge in [-0.1, -0.05) is 0 Å². The van der Waals surface area contributed by atoms with Crippen LogP contribution in [0.25, 0.3) is 0 Å². The van der Waals surface area contributed by atoms with Crippen LogP contribution in [0.4, 0.5) is 11.5 Å². The Hall–Kier alpha value is -1.64. The smallest absolute Gasteiger partial charge is 0.271 e. The zero-order chi connectivity index (χ0) is 15.6. The van der Waals surface area contributed by atoms with E-state index in [4.69, 9.17) is 4.74 Å². The van der Waals surface area contributed by atoms with Crippen LogP contribution in [0.1, 0.15) is 4.88 Å². The number of morpholine rings is 1. The van der Waals surface area contributed by atoms with E-state index in [9.17, 15) is 8.42 Å². The molecule has 118 valence electrons. The molecule has 6 nitrogen and oxygen atoms in total. The monoisotopic (exact) mass is 339 g/mol. The van der Waals surface area contributed by atoms with Crippen LogP contribution >= 0.6 is 11.3 Å². The van der Waals surface area contributed by atoms with Gasteiger partial charge >= 0.3 is 0 Å². The molecule has 0 atom stereocenters. The average molecular weight is 339 g/mol. The lowest BCUT2D eigenvalue weighted by atomic mass is 10.3. The molecule has 1 aliphatic heterocycles. The van der Waals surface area contributed by atoms with Gasteiger partial charge in [-0.3, -0.25) is 4.72 Å². The van der Waals surface area contributed by atoms with Gasteiger partial charge in [0.1, 0.15) is 10.0 Å². The molecule has 0 radical (unpaired) electrons. The summed E-state index contributed by atoms with van der Waals surface area (Å²) < 4.78 is 32.7. The number of anilines is 2. The predicted octanol–water partition coefficient (Wildman–Crippen LogP) is 2.09. The van der Waals surface area contributed by atoms with E-state index >= 15 is 0 Å². The average Bonchev–Trinajstić information content (AvgIpc) is 2.96. The summed E-state index contributed by atoms with van der Waals surface area (Å²) in [4.78, 5) is 7.41. The molecule has 1 N–H and O–H groups in total. The molecule has 1 fully saturated rings. The van der Waals surface area contributed by atoms with Crippen molar-refractivity contribution in [2.75, 3.05) is 35.9 Å². The number of aryl methyl sites for hydroxylation is 1. The lowest BCUT2D eigenvalue weighted by molar-refractivity contribution is 0.122.